The summed E-state index contributed by atoms with van der Waals surface area (Å²) < 4.78 is 1.46. The molecule has 0 aliphatic carbocycles. The first kappa shape index (κ1) is 14.6. The number of carboxylic acids is 1. The van der Waals surface area contributed by atoms with E-state index in [2.05, 4.69) is 0 Å². The van der Waals surface area contributed by atoms with Gasteiger partial charge in [-0.1, -0.05) is 0 Å². The molecule has 1 fully saturated rings. The van der Waals surface area contributed by atoms with Gasteiger partial charge in [0.1, 0.15) is 12.2 Å². The molecule has 2 N–H and O–H groups in total. The van der Waals surface area contributed by atoms with Crippen LogP contribution in [0.2, 0.25) is 0 Å². The molecule has 0 aromatic carbocycles. The second kappa shape index (κ2) is 6.56. The number of aromatic nitrogens is 1. The van der Waals surface area contributed by atoms with Crippen molar-refractivity contribution in [1.29, 1.82) is 0 Å². The Balaban J connectivity index is 2.07. The minimum atomic E-state index is -0.966. The Morgan fingerprint density at radius 2 is 2.20 bits per heavy atom. The maximum Gasteiger partial charge on any atom is 0.323 e. The number of nitrogens with zero attached hydrogens (tertiary/aromatic N) is 2. The highest BCUT2D eigenvalue weighted by Crippen LogP contribution is 2.21. The summed E-state index contributed by atoms with van der Waals surface area (Å²) in [5.74, 6) is -0.758. The fourth-order valence-corrected chi connectivity index (χ4v) is 2.72. The van der Waals surface area contributed by atoms with E-state index in [0.717, 1.165) is 12.8 Å². The summed E-state index contributed by atoms with van der Waals surface area (Å²) in [6.07, 6.45) is 4.27. The molecule has 1 amide bonds. The van der Waals surface area contributed by atoms with Gasteiger partial charge in [0, 0.05) is 25.9 Å². The SMILES string of the molecule is O=C(O)Cn1cccc1C(=O)N1CCCC(CCO)C1. The van der Waals surface area contributed by atoms with Gasteiger partial charge >= 0.3 is 5.97 Å². The van der Waals surface area contributed by atoms with Gasteiger partial charge in [-0.05, 0) is 37.3 Å². The third-order valence-electron chi connectivity index (χ3n) is 3.70. The van der Waals surface area contributed by atoms with Crippen LogP contribution in [0.15, 0.2) is 18.3 Å². The molecule has 1 atom stereocenters. The van der Waals surface area contributed by atoms with Crippen LogP contribution in [0.4, 0.5) is 0 Å². The number of piperidine rings is 1. The smallest absolute Gasteiger partial charge is 0.323 e. The van der Waals surface area contributed by atoms with Gasteiger partial charge in [0.05, 0.1) is 0 Å². The minimum absolute atomic E-state index is 0.126. The lowest BCUT2D eigenvalue weighted by molar-refractivity contribution is -0.137. The number of carboxylic acid groups (broad SMARTS) is 1. The number of hydrogen-bond acceptors (Lipinski definition) is 3. The van der Waals surface area contributed by atoms with E-state index in [1.54, 1.807) is 23.2 Å². The number of aliphatic carboxylic acids is 1. The van der Waals surface area contributed by atoms with E-state index in [4.69, 9.17) is 10.2 Å². The lowest BCUT2D eigenvalue weighted by Gasteiger charge is -2.32. The lowest BCUT2D eigenvalue weighted by Crippen LogP contribution is -2.41. The molecule has 1 unspecified atom stereocenters. The third kappa shape index (κ3) is 3.39. The van der Waals surface area contributed by atoms with Crippen LogP contribution in [0, 0.1) is 5.92 Å². The molecule has 0 spiro atoms. The van der Waals surface area contributed by atoms with Crippen LogP contribution >= 0.6 is 0 Å². The van der Waals surface area contributed by atoms with Crippen LogP contribution in [-0.2, 0) is 11.3 Å². The molecule has 1 aliphatic rings. The highest BCUT2D eigenvalue weighted by Gasteiger charge is 2.25. The zero-order chi connectivity index (χ0) is 14.5. The van der Waals surface area contributed by atoms with Crippen molar-refractivity contribution in [3.8, 4) is 0 Å². The number of likely N-dealkylation sites (tertiary alicyclic amines) is 1. The quantitative estimate of drug-likeness (QED) is 0.836. The van der Waals surface area contributed by atoms with Crippen molar-refractivity contribution >= 4 is 11.9 Å². The predicted octanol–water partition coefficient (Wildman–Crippen LogP) is 0.807. The third-order valence-corrected chi connectivity index (χ3v) is 3.70. The number of hydrogen-bond donors (Lipinski definition) is 2. The van der Waals surface area contributed by atoms with Gasteiger partial charge in [0.15, 0.2) is 0 Å². The Hall–Kier alpha value is -1.82. The Kier molecular flexibility index (Phi) is 4.79. The topological polar surface area (TPSA) is 82.8 Å². The molecule has 1 aliphatic heterocycles. The normalized spacial score (nSPS) is 19.1. The molecule has 2 rings (SSSR count). The van der Waals surface area contributed by atoms with Crippen LogP contribution in [0.25, 0.3) is 0 Å². The second-order valence-corrected chi connectivity index (χ2v) is 5.19. The Bertz CT molecular complexity index is 481. The summed E-state index contributed by atoms with van der Waals surface area (Å²) in [5.41, 5.74) is 0.414. The Morgan fingerprint density at radius 1 is 1.40 bits per heavy atom. The molecular formula is C14H20N2O4. The number of rotatable bonds is 5. The van der Waals surface area contributed by atoms with E-state index in [-0.39, 0.29) is 19.1 Å². The van der Waals surface area contributed by atoms with Crippen molar-refractivity contribution in [2.75, 3.05) is 19.7 Å². The first-order chi connectivity index (χ1) is 9.61. The van der Waals surface area contributed by atoms with Crippen molar-refractivity contribution in [1.82, 2.24) is 9.47 Å². The molecule has 6 heteroatoms. The highest BCUT2D eigenvalue weighted by molar-refractivity contribution is 5.93. The van der Waals surface area contributed by atoms with Gasteiger partial charge in [0.2, 0.25) is 0 Å². The van der Waals surface area contributed by atoms with Gasteiger partial charge in [-0.3, -0.25) is 9.59 Å². The number of amides is 1. The second-order valence-electron chi connectivity index (χ2n) is 5.19. The maximum atomic E-state index is 12.5. The first-order valence-corrected chi connectivity index (χ1v) is 6.89. The van der Waals surface area contributed by atoms with E-state index in [0.29, 0.717) is 31.1 Å². The average Bonchev–Trinajstić information content (AvgIpc) is 2.86. The van der Waals surface area contributed by atoms with Crippen molar-refractivity contribution in [2.45, 2.75) is 25.8 Å². The molecule has 0 bridgehead atoms. The van der Waals surface area contributed by atoms with Crippen LogP contribution in [-0.4, -0.2) is 51.3 Å². The lowest BCUT2D eigenvalue weighted by atomic mass is 9.95. The van der Waals surface area contributed by atoms with Crippen molar-refractivity contribution in [2.24, 2.45) is 5.92 Å². The standard InChI is InChI=1S/C14H20N2O4/c17-8-5-11-3-1-7-16(9-11)14(20)12-4-2-6-15(12)10-13(18)19/h2,4,6,11,17H,1,3,5,7-10H2,(H,18,19). The summed E-state index contributed by atoms with van der Waals surface area (Å²) >= 11 is 0. The molecule has 0 saturated carbocycles. The zero-order valence-corrected chi connectivity index (χ0v) is 11.4. The number of carbonyl (C=O) groups is 2. The monoisotopic (exact) mass is 280 g/mol. The molecular weight excluding hydrogens is 260 g/mol. The number of aliphatic hydroxyl groups is 1. The summed E-state index contributed by atoms with van der Waals surface area (Å²) in [6, 6.07) is 3.34. The van der Waals surface area contributed by atoms with Gasteiger partial charge in [0.25, 0.3) is 5.91 Å². The van der Waals surface area contributed by atoms with E-state index in [9.17, 15) is 9.59 Å². The minimum Gasteiger partial charge on any atom is -0.480 e. The van der Waals surface area contributed by atoms with Crippen LogP contribution < -0.4 is 0 Å². The maximum absolute atomic E-state index is 12.5. The fraction of sp³-hybridized carbons (Fsp3) is 0.571. The summed E-state index contributed by atoms with van der Waals surface area (Å²) in [4.78, 5) is 25.0. The number of aliphatic hydroxyl groups excluding tert-OH is 1. The van der Waals surface area contributed by atoms with E-state index >= 15 is 0 Å². The van der Waals surface area contributed by atoms with E-state index in [1.165, 1.54) is 4.57 Å². The zero-order valence-electron chi connectivity index (χ0n) is 11.4. The molecule has 110 valence electrons. The van der Waals surface area contributed by atoms with Crippen molar-refractivity contribution in [3.05, 3.63) is 24.0 Å². The van der Waals surface area contributed by atoms with Crippen LogP contribution in [0.3, 0.4) is 0 Å². The largest absolute Gasteiger partial charge is 0.480 e. The van der Waals surface area contributed by atoms with Gasteiger partial charge in [-0.25, -0.2) is 0 Å². The number of carbonyl (C=O) groups excluding carboxylic acids is 1. The Labute approximate surface area is 117 Å². The summed E-state index contributed by atoms with van der Waals surface area (Å²) in [5, 5.41) is 17.8. The van der Waals surface area contributed by atoms with Gasteiger partial charge in [-0.15, -0.1) is 0 Å². The van der Waals surface area contributed by atoms with E-state index in [1.807, 2.05) is 0 Å². The molecule has 1 aromatic heterocycles. The van der Waals surface area contributed by atoms with E-state index < -0.39 is 5.97 Å². The van der Waals surface area contributed by atoms with Crippen molar-refractivity contribution in [3.63, 3.8) is 0 Å². The molecule has 2 heterocycles. The predicted molar refractivity (Wildman–Crippen MR) is 72.4 cm³/mol. The van der Waals surface area contributed by atoms with Crippen LogP contribution in [0.5, 0.6) is 0 Å². The first-order valence-electron chi connectivity index (χ1n) is 6.89. The molecule has 0 radical (unpaired) electrons. The molecule has 1 saturated heterocycles. The Morgan fingerprint density at radius 3 is 2.90 bits per heavy atom. The van der Waals surface area contributed by atoms with Gasteiger partial charge in [-0.2, -0.15) is 0 Å². The van der Waals surface area contributed by atoms with Crippen LogP contribution in [0.1, 0.15) is 29.8 Å². The average molecular weight is 280 g/mol. The summed E-state index contributed by atoms with van der Waals surface area (Å²) in [6.45, 7) is 1.26. The molecule has 6 nitrogen and oxygen atoms in total. The highest BCUT2D eigenvalue weighted by atomic mass is 16.4. The molecule has 1 aromatic rings. The molecule has 20 heavy (non-hydrogen) atoms. The van der Waals surface area contributed by atoms with Crippen molar-refractivity contribution < 1.29 is 19.8 Å². The fourth-order valence-electron chi connectivity index (χ4n) is 2.72. The van der Waals surface area contributed by atoms with Gasteiger partial charge < -0.3 is 19.7 Å². The summed E-state index contributed by atoms with van der Waals surface area (Å²) in [7, 11) is 0.